The molecule has 1 N–H and O–H groups in total. The third kappa shape index (κ3) is 3.61. The van der Waals surface area contributed by atoms with Crippen LogP contribution in [0.3, 0.4) is 0 Å². The number of rotatable bonds is 5. The first-order valence-electron chi connectivity index (χ1n) is 5.92. The van der Waals surface area contributed by atoms with Gasteiger partial charge in [-0.05, 0) is 47.9 Å². The summed E-state index contributed by atoms with van der Waals surface area (Å²) in [7, 11) is 0. The second-order valence-corrected chi connectivity index (χ2v) is 5.39. The van der Waals surface area contributed by atoms with Crippen LogP contribution in [0.5, 0.6) is 0 Å². The molecule has 0 bridgehead atoms. The molecule has 1 aromatic heterocycles. The highest BCUT2D eigenvalue weighted by Crippen LogP contribution is 2.20. The van der Waals surface area contributed by atoms with Crippen LogP contribution in [0.1, 0.15) is 30.7 Å². The van der Waals surface area contributed by atoms with Crippen molar-refractivity contribution in [1.29, 1.82) is 0 Å². The summed E-state index contributed by atoms with van der Waals surface area (Å²) in [5.41, 5.74) is 1.28. The molecule has 0 fully saturated rings. The third-order valence-corrected chi connectivity index (χ3v) is 3.56. The van der Waals surface area contributed by atoms with Crippen LogP contribution in [0.4, 0.5) is 0 Å². The summed E-state index contributed by atoms with van der Waals surface area (Å²) in [6.45, 7) is 2.84. The van der Waals surface area contributed by atoms with Crippen molar-refractivity contribution in [2.24, 2.45) is 0 Å². The van der Waals surface area contributed by atoms with Gasteiger partial charge >= 0.3 is 0 Å². The summed E-state index contributed by atoms with van der Waals surface area (Å²) in [4.78, 5) is 0. The fourth-order valence-corrected chi connectivity index (χ4v) is 2.29. The number of furan rings is 1. The van der Waals surface area contributed by atoms with E-state index < -0.39 is 0 Å². The fraction of sp³-hybridized carbons (Fsp3) is 0.286. The molecule has 0 spiro atoms. The predicted molar refractivity (Wildman–Crippen MR) is 77.7 cm³/mol. The largest absolute Gasteiger partial charge is 0.448 e. The van der Waals surface area contributed by atoms with Crippen molar-refractivity contribution in [3.05, 3.63) is 57.4 Å². The molecule has 1 heterocycles. The highest BCUT2D eigenvalue weighted by Gasteiger charge is 2.09. The Balaban J connectivity index is 1.99. The molecule has 96 valence electrons. The topological polar surface area (TPSA) is 25.2 Å². The Morgan fingerprint density at radius 1 is 1.22 bits per heavy atom. The molecule has 0 saturated carbocycles. The Labute approximate surface area is 120 Å². The second-order valence-electron chi connectivity index (χ2n) is 4.10. The van der Waals surface area contributed by atoms with Crippen molar-refractivity contribution in [2.45, 2.75) is 25.9 Å². The summed E-state index contributed by atoms with van der Waals surface area (Å²) in [5.74, 6) is 0.857. The molecule has 18 heavy (non-hydrogen) atoms. The lowest BCUT2D eigenvalue weighted by Crippen LogP contribution is -2.19. The Morgan fingerprint density at radius 3 is 2.50 bits per heavy atom. The van der Waals surface area contributed by atoms with E-state index in [2.05, 4.69) is 52.4 Å². The lowest BCUT2D eigenvalue weighted by molar-refractivity contribution is 0.444. The Kier molecular flexibility index (Phi) is 4.87. The van der Waals surface area contributed by atoms with Gasteiger partial charge in [0.25, 0.3) is 0 Å². The third-order valence-electron chi connectivity index (χ3n) is 2.83. The first-order valence-corrected chi connectivity index (χ1v) is 7.09. The normalized spacial score (nSPS) is 12.6. The van der Waals surface area contributed by atoms with Crippen molar-refractivity contribution >= 4 is 27.5 Å². The number of benzene rings is 1. The van der Waals surface area contributed by atoms with Gasteiger partial charge in [0, 0.05) is 10.5 Å². The summed E-state index contributed by atoms with van der Waals surface area (Å²) in [6, 6.07) is 12.3. The molecule has 2 nitrogen and oxygen atoms in total. The van der Waals surface area contributed by atoms with E-state index >= 15 is 0 Å². The molecule has 0 radical (unpaired) electrons. The van der Waals surface area contributed by atoms with Crippen LogP contribution in [0, 0.1) is 0 Å². The minimum atomic E-state index is 0.321. The zero-order valence-corrected chi connectivity index (χ0v) is 12.5. The van der Waals surface area contributed by atoms with E-state index in [0.29, 0.717) is 17.8 Å². The maximum atomic E-state index is 5.74. The van der Waals surface area contributed by atoms with Crippen LogP contribution in [0.15, 0.2) is 45.3 Å². The van der Waals surface area contributed by atoms with Gasteiger partial charge in [0.1, 0.15) is 5.76 Å². The second kappa shape index (κ2) is 6.41. The monoisotopic (exact) mass is 327 g/mol. The molecule has 0 aliphatic rings. The highest BCUT2D eigenvalue weighted by atomic mass is 79.9. The Hall–Kier alpha value is -0.770. The highest BCUT2D eigenvalue weighted by molar-refractivity contribution is 9.10. The fourth-order valence-electron chi connectivity index (χ4n) is 1.86. The lowest BCUT2D eigenvalue weighted by Gasteiger charge is -2.16. The van der Waals surface area contributed by atoms with Gasteiger partial charge in [-0.3, -0.25) is 0 Å². The predicted octanol–water partition coefficient (Wildman–Crippen LogP) is 4.94. The van der Waals surface area contributed by atoms with Crippen LogP contribution >= 0.6 is 27.5 Å². The van der Waals surface area contributed by atoms with E-state index in [0.717, 1.165) is 16.7 Å². The molecule has 0 aliphatic carbocycles. The minimum absolute atomic E-state index is 0.321. The van der Waals surface area contributed by atoms with E-state index in [1.54, 1.807) is 6.07 Å². The van der Waals surface area contributed by atoms with Crippen LogP contribution in [-0.4, -0.2) is 0 Å². The zero-order chi connectivity index (χ0) is 13.0. The van der Waals surface area contributed by atoms with Crippen LogP contribution in [-0.2, 0) is 6.54 Å². The summed E-state index contributed by atoms with van der Waals surface area (Å²) in [5, 5.41) is 3.90. The first-order chi connectivity index (χ1) is 8.69. The van der Waals surface area contributed by atoms with Gasteiger partial charge in [-0.2, -0.15) is 0 Å². The van der Waals surface area contributed by atoms with E-state index in [4.69, 9.17) is 16.0 Å². The molecule has 0 saturated heterocycles. The van der Waals surface area contributed by atoms with Gasteiger partial charge in [-0.25, -0.2) is 0 Å². The number of hydrogen-bond donors (Lipinski definition) is 1. The molecular formula is C14H15BrClNO. The smallest absolute Gasteiger partial charge is 0.193 e. The van der Waals surface area contributed by atoms with Crippen molar-refractivity contribution in [2.75, 3.05) is 0 Å². The zero-order valence-electron chi connectivity index (χ0n) is 10.1. The molecule has 1 unspecified atom stereocenters. The molecule has 0 amide bonds. The molecular weight excluding hydrogens is 314 g/mol. The summed E-state index contributed by atoms with van der Waals surface area (Å²) >= 11 is 9.19. The van der Waals surface area contributed by atoms with Gasteiger partial charge in [0.15, 0.2) is 5.22 Å². The van der Waals surface area contributed by atoms with Crippen molar-refractivity contribution < 1.29 is 4.42 Å². The van der Waals surface area contributed by atoms with Gasteiger partial charge in [0.05, 0.1) is 6.54 Å². The molecule has 0 aliphatic heterocycles. The van der Waals surface area contributed by atoms with Crippen molar-refractivity contribution in [1.82, 2.24) is 5.32 Å². The molecule has 2 aromatic rings. The molecule has 1 aromatic carbocycles. The summed E-state index contributed by atoms with van der Waals surface area (Å²) in [6.07, 6.45) is 1.02. The van der Waals surface area contributed by atoms with Crippen LogP contribution in [0.25, 0.3) is 0 Å². The average molecular weight is 329 g/mol. The SMILES string of the molecule is CCC(NCc1ccc(Cl)o1)c1ccc(Br)cc1. The Bertz CT molecular complexity index is 495. The van der Waals surface area contributed by atoms with Crippen molar-refractivity contribution in [3.8, 4) is 0 Å². The van der Waals surface area contributed by atoms with Crippen molar-refractivity contribution in [3.63, 3.8) is 0 Å². The standard InChI is InChI=1S/C14H15BrClNO/c1-2-13(10-3-5-11(15)6-4-10)17-9-12-7-8-14(16)18-12/h3-8,13,17H,2,9H2,1H3. The summed E-state index contributed by atoms with van der Waals surface area (Å²) < 4.78 is 6.43. The van der Waals surface area contributed by atoms with Gasteiger partial charge in [0.2, 0.25) is 0 Å². The van der Waals surface area contributed by atoms with Crippen LogP contribution < -0.4 is 5.32 Å². The van der Waals surface area contributed by atoms with E-state index in [1.807, 2.05) is 6.07 Å². The minimum Gasteiger partial charge on any atom is -0.448 e. The molecule has 1 atom stereocenters. The quantitative estimate of drug-likeness (QED) is 0.841. The number of nitrogens with one attached hydrogen (secondary N) is 1. The Morgan fingerprint density at radius 2 is 1.94 bits per heavy atom. The number of hydrogen-bond acceptors (Lipinski definition) is 2. The first kappa shape index (κ1) is 13.7. The van der Waals surface area contributed by atoms with E-state index in [9.17, 15) is 0 Å². The number of halogens is 2. The van der Waals surface area contributed by atoms with Gasteiger partial charge in [-0.1, -0.05) is 35.0 Å². The van der Waals surface area contributed by atoms with Crippen LogP contribution in [0.2, 0.25) is 5.22 Å². The average Bonchev–Trinajstić information content (AvgIpc) is 2.78. The van der Waals surface area contributed by atoms with E-state index in [-0.39, 0.29) is 0 Å². The maximum Gasteiger partial charge on any atom is 0.193 e. The van der Waals surface area contributed by atoms with Gasteiger partial charge in [-0.15, -0.1) is 0 Å². The molecule has 4 heteroatoms. The van der Waals surface area contributed by atoms with E-state index in [1.165, 1.54) is 5.56 Å². The van der Waals surface area contributed by atoms with Gasteiger partial charge < -0.3 is 9.73 Å². The lowest BCUT2D eigenvalue weighted by atomic mass is 10.0. The maximum absolute atomic E-state index is 5.74. The molecule has 2 rings (SSSR count).